The smallest absolute Gasteiger partial charge is 0.0252 e. The number of rotatable bonds is 6. The van der Waals surface area contributed by atoms with Crippen LogP contribution >= 0.6 is 0 Å². The lowest BCUT2D eigenvalue weighted by Gasteiger charge is -2.43. The van der Waals surface area contributed by atoms with Gasteiger partial charge in [0.05, 0.1) is 0 Å². The van der Waals surface area contributed by atoms with Crippen molar-refractivity contribution in [3.63, 3.8) is 0 Å². The zero-order valence-corrected chi connectivity index (χ0v) is 12.6. The van der Waals surface area contributed by atoms with Crippen molar-refractivity contribution in [1.29, 1.82) is 0 Å². The van der Waals surface area contributed by atoms with Crippen molar-refractivity contribution < 1.29 is 0 Å². The van der Waals surface area contributed by atoms with E-state index in [1.54, 1.807) is 0 Å². The quantitative estimate of drug-likeness (QED) is 0.785. The monoisotopic (exact) mass is 252 g/mol. The van der Waals surface area contributed by atoms with Crippen LogP contribution in [0.3, 0.4) is 0 Å². The molecule has 2 aliphatic rings. The molecule has 0 spiro atoms. The van der Waals surface area contributed by atoms with E-state index >= 15 is 0 Å². The van der Waals surface area contributed by atoms with Gasteiger partial charge in [-0.3, -0.25) is 4.90 Å². The van der Waals surface area contributed by atoms with Crippen LogP contribution in [-0.4, -0.2) is 29.6 Å². The summed E-state index contributed by atoms with van der Waals surface area (Å²) in [5.74, 6) is 1.73. The number of nitrogens with zero attached hydrogens (tertiary/aromatic N) is 1. The van der Waals surface area contributed by atoms with E-state index in [9.17, 15) is 0 Å². The van der Waals surface area contributed by atoms with Crippen LogP contribution < -0.4 is 5.73 Å². The van der Waals surface area contributed by atoms with Crippen LogP contribution in [0, 0.1) is 11.8 Å². The van der Waals surface area contributed by atoms with E-state index in [-0.39, 0.29) is 0 Å². The van der Waals surface area contributed by atoms with Gasteiger partial charge < -0.3 is 5.73 Å². The average Bonchev–Trinajstić information content (AvgIpc) is 3.15. The highest BCUT2D eigenvalue weighted by atomic mass is 15.2. The highest BCUT2D eigenvalue weighted by Gasteiger charge is 2.39. The van der Waals surface area contributed by atoms with Crippen LogP contribution in [0.1, 0.15) is 65.7 Å². The minimum Gasteiger partial charge on any atom is -0.326 e. The standard InChI is InChI=1S/C16H32N2/c1-4-5-10-18(14-7-8-14)16-11-13(12(2)3)6-9-15(16)17/h12-16H,4-11,17H2,1-3H3. The second-order valence-corrected chi connectivity index (χ2v) is 6.87. The Kier molecular flexibility index (Phi) is 5.08. The first-order valence-electron chi connectivity index (χ1n) is 8.14. The molecule has 106 valence electrons. The molecule has 2 aliphatic carbocycles. The minimum absolute atomic E-state index is 0.428. The SMILES string of the molecule is CCCCN(C1CC1)C1CC(C(C)C)CCC1N. The van der Waals surface area contributed by atoms with Crippen molar-refractivity contribution in [3.05, 3.63) is 0 Å². The van der Waals surface area contributed by atoms with Crippen molar-refractivity contribution in [1.82, 2.24) is 4.90 Å². The number of nitrogens with two attached hydrogens (primary N) is 1. The van der Waals surface area contributed by atoms with E-state index in [0.29, 0.717) is 12.1 Å². The number of unbranched alkanes of at least 4 members (excludes halogenated alkanes) is 1. The van der Waals surface area contributed by atoms with Crippen LogP contribution in [-0.2, 0) is 0 Å². The van der Waals surface area contributed by atoms with Gasteiger partial charge in [0.15, 0.2) is 0 Å². The van der Waals surface area contributed by atoms with Crippen LogP contribution in [0.5, 0.6) is 0 Å². The fraction of sp³-hybridized carbons (Fsp3) is 1.00. The molecular weight excluding hydrogens is 220 g/mol. The topological polar surface area (TPSA) is 29.3 Å². The van der Waals surface area contributed by atoms with Crippen molar-refractivity contribution in [2.45, 2.75) is 83.8 Å². The summed E-state index contributed by atoms with van der Waals surface area (Å²) in [6.45, 7) is 8.34. The molecule has 3 atom stereocenters. The summed E-state index contributed by atoms with van der Waals surface area (Å²) in [5.41, 5.74) is 6.44. The normalized spacial score (nSPS) is 33.3. The molecule has 18 heavy (non-hydrogen) atoms. The second-order valence-electron chi connectivity index (χ2n) is 6.87. The Morgan fingerprint density at radius 1 is 1.17 bits per heavy atom. The molecule has 2 nitrogen and oxygen atoms in total. The van der Waals surface area contributed by atoms with Crippen LogP contribution in [0.25, 0.3) is 0 Å². The highest BCUT2D eigenvalue weighted by Crippen LogP contribution is 2.37. The third kappa shape index (κ3) is 3.48. The van der Waals surface area contributed by atoms with Crippen molar-refractivity contribution in [2.75, 3.05) is 6.54 Å². The van der Waals surface area contributed by atoms with E-state index in [1.807, 2.05) is 0 Å². The van der Waals surface area contributed by atoms with Crippen LogP contribution in [0.15, 0.2) is 0 Å². The lowest BCUT2D eigenvalue weighted by molar-refractivity contribution is 0.0886. The molecule has 0 saturated heterocycles. The van der Waals surface area contributed by atoms with Crippen molar-refractivity contribution in [3.8, 4) is 0 Å². The molecule has 0 aromatic rings. The Morgan fingerprint density at radius 2 is 1.89 bits per heavy atom. The first-order valence-corrected chi connectivity index (χ1v) is 8.14. The van der Waals surface area contributed by atoms with Gasteiger partial charge in [0.2, 0.25) is 0 Å². The van der Waals surface area contributed by atoms with Gasteiger partial charge in [0.25, 0.3) is 0 Å². The van der Waals surface area contributed by atoms with Gasteiger partial charge >= 0.3 is 0 Å². The fourth-order valence-electron chi connectivity index (χ4n) is 3.55. The molecule has 2 rings (SSSR count). The summed E-state index contributed by atoms with van der Waals surface area (Å²) in [7, 11) is 0. The van der Waals surface area contributed by atoms with Gasteiger partial charge in [-0.05, 0) is 56.9 Å². The Labute approximate surface area is 113 Å². The molecule has 0 aliphatic heterocycles. The molecule has 2 heteroatoms. The Bertz CT molecular complexity index is 247. The summed E-state index contributed by atoms with van der Waals surface area (Å²) >= 11 is 0. The summed E-state index contributed by atoms with van der Waals surface area (Å²) in [6.07, 6.45) is 9.41. The minimum atomic E-state index is 0.428. The van der Waals surface area contributed by atoms with Gasteiger partial charge in [-0.2, -0.15) is 0 Å². The zero-order chi connectivity index (χ0) is 13.1. The summed E-state index contributed by atoms with van der Waals surface area (Å²) in [6, 6.07) is 1.97. The molecular formula is C16H32N2. The highest BCUT2D eigenvalue weighted by molar-refractivity contribution is 4.96. The molecule has 0 radical (unpaired) electrons. The molecule has 0 aromatic carbocycles. The molecule has 0 bridgehead atoms. The largest absolute Gasteiger partial charge is 0.326 e. The van der Waals surface area contributed by atoms with Crippen LogP contribution in [0.2, 0.25) is 0 Å². The van der Waals surface area contributed by atoms with E-state index in [4.69, 9.17) is 5.73 Å². The van der Waals surface area contributed by atoms with Gasteiger partial charge in [0.1, 0.15) is 0 Å². The van der Waals surface area contributed by atoms with E-state index in [0.717, 1.165) is 17.9 Å². The maximum absolute atomic E-state index is 6.44. The Balaban J connectivity index is 1.97. The summed E-state index contributed by atoms with van der Waals surface area (Å²) in [5, 5.41) is 0. The maximum atomic E-state index is 6.44. The Morgan fingerprint density at radius 3 is 2.44 bits per heavy atom. The van der Waals surface area contributed by atoms with Gasteiger partial charge in [0, 0.05) is 18.1 Å². The number of hydrogen-bond acceptors (Lipinski definition) is 2. The van der Waals surface area contributed by atoms with E-state index in [2.05, 4.69) is 25.7 Å². The first-order chi connectivity index (χ1) is 8.63. The third-order valence-electron chi connectivity index (χ3n) is 5.06. The zero-order valence-electron chi connectivity index (χ0n) is 12.6. The lowest BCUT2D eigenvalue weighted by atomic mass is 9.76. The molecule has 0 aromatic heterocycles. The average molecular weight is 252 g/mol. The molecule has 0 amide bonds. The van der Waals surface area contributed by atoms with E-state index < -0.39 is 0 Å². The summed E-state index contributed by atoms with van der Waals surface area (Å²) < 4.78 is 0. The predicted molar refractivity (Wildman–Crippen MR) is 78.6 cm³/mol. The molecule has 0 heterocycles. The van der Waals surface area contributed by atoms with Crippen LogP contribution in [0.4, 0.5) is 0 Å². The van der Waals surface area contributed by atoms with E-state index in [1.165, 1.54) is 51.5 Å². The molecule has 2 saturated carbocycles. The van der Waals surface area contributed by atoms with Gasteiger partial charge in [-0.15, -0.1) is 0 Å². The second kappa shape index (κ2) is 6.38. The summed E-state index contributed by atoms with van der Waals surface area (Å²) in [4.78, 5) is 2.78. The van der Waals surface area contributed by atoms with Gasteiger partial charge in [-0.25, -0.2) is 0 Å². The van der Waals surface area contributed by atoms with Crippen molar-refractivity contribution in [2.24, 2.45) is 17.6 Å². The molecule has 2 fully saturated rings. The number of hydrogen-bond donors (Lipinski definition) is 1. The Hall–Kier alpha value is -0.0800. The first kappa shape index (κ1) is 14.3. The molecule has 2 N–H and O–H groups in total. The third-order valence-corrected chi connectivity index (χ3v) is 5.06. The lowest BCUT2D eigenvalue weighted by Crippen LogP contribution is -2.52. The fourth-order valence-corrected chi connectivity index (χ4v) is 3.55. The van der Waals surface area contributed by atoms with Crippen molar-refractivity contribution >= 4 is 0 Å². The van der Waals surface area contributed by atoms with Gasteiger partial charge in [-0.1, -0.05) is 27.2 Å². The maximum Gasteiger partial charge on any atom is 0.0252 e. The predicted octanol–water partition coefficient (Wildman–Crippen LogP) is 3.40. The molecule has 3 unspecified atom stereocenters.